The van der Waals surface area contributed by atoms with Crippen molar-refractivity contribution in [3.63, 3.8) is 0 Å². The van der Waals surface area contributed by atoms with Crippen molar-refractivity contribution in [2.45, 2.75) is 26.9 Å². The lowest BCUT2D eigenvalue weighted by Crippen LogP contribution is -2.07. The van der Waals surface area contributed by atoms with Gasteiger partial charge in [0.05, 0.1) is 6.10 Å². The highest BCUT2D eigenvalue weighted by Gasteiger charge is 2.06. The molecule has 3 nitrogen and oxygen atoms in total. The van der Waals surface area contributed by atoms with Gasteiger partial charge in [-0.2, -0.15) is 0 Å². The molecule has 3 aromatic carbocycles. The number of hydrogen-bond donors (Lipinski definition) is 0. The molecule has 3 heteroatoms. The normalized spacial score (nSPS) is 12.1. The monoisotopic (exact) mass is 388 g/mol. The maximum atomic E-state index is 5.80. The maximum absolute atomic E-state index is 5.80. The lowest BCUT2D eigenvalue weighted by Gasteiger charge is -2.14. The molecule has 0 spiro atoms. The summed E-state index contributed by atoms with van der Waals surface area (Å²) < 4.78 is 17.2. The van der Waals surface area contributed by atoms with E-state index in [0.29, 0.717) is 6.61 Å². The smallest absolute Gasteiger partial charge is 0.189 e. The Bertz CT molecular complexity index is 894. The van der Waals surface area contributed by atoms with Crippen molar-refractivity contribution in [2.24, 2.45) is 0 Å². The molecule has 1 unspecified atom stereocenters. The van der Waals surface area contributed by atoms with E-state index in [1.54, 1.807) is 0 Å². The van der Waals surface area contributed by atoms with E-state index in [1.807, 2.05) is 50.3 Å². The van der Waals surface area contributed by atoms with Crippen molar-refractivity contribution in [1.82, 2.24) is 0 Å². The largest absolute Gasteiger partial charge is 0.490 e. The summed E-state index contributed by atoms with van der Waals surface area (Å²) in [5.41, 5.74) is 4.66. The van der Waals surface area contributed by atoms with E-state index in [2.05, 4.69) is 55.5 Å². The Kier molecular flexibility index (Phi) is 7.48. The highest BCUT2D eigenvalue weighted by atomic mass is 16.7. The van der Waals surface area contributed by atoms with Gasteiger partial charge in [0, 0.05) is 0 Å². The molecule has 3 rings (SSSR count). The zero-order valence-electron chi connectivity index (χ0n) is 17.3. The lowest BCUT2D eigenvalue weighted by atomic mass is 10.1. The molecule has 0 aliphatic rings. The Balaban J connectivity index is 1.50. The van der Waals surface area contributed by atoms with Crippen molar-refractivity contribution < 1.29 is 14.2 Å². The maximum Gasteiger partial charge on any atom is 0.189 e. The van der Waals surface area contributed by atoms with Gasteiger partial charge in [-0.15, -0.1) is 0 Å². The molecule has 0 aliphatic heterocycles. The van der Waals surface area contributed by atoms with Gasteiger partial charge in [-0.05, 0) is 61.7 Å². The number of allylic oxidation sites excluding steroid dienone is 1. The summed E-state index contributed by atoms with van der Waals surface area (Å²) in [5.74, 6) is 1.66. The van der Waals surface area contributed by atoms with E-state index in [0.717, 1.165) is 28.2 Å². The van der Waals surface area contributed by atoms with Gasteiger partial charge in [-0.1, -0.05) is 66.2 Å². The summed E-state index contributed by atoms with van der Waals surface area (Å²) in [6.45, 7) is 6.90. The van der Waals surface area contributed by atoms with Crippen LogP contribution in [0.5, 0.6) is 11.5 Å². The van der Waals surface area contributed by atoms with E-state index in [4.69, 9.17) is 14.2 Å². The summed E-state index contributed by atoms with van der Waals surface area (Å²) in [7, 11) is 0. The second-order valence-corrected chi connectivity index (χ2v) is 6.91. The van der Waals surface area contributed by atoms with Gasteiger partial charge in [0.1, 0.15) is 18.1 Å². The summed E-state index contributed by atoms with van der Waals surface area (Å²) in [4.78, 5) is 0. The Hall–Kier alpha value is -3.04. The summed E-state index contributed by atoms with van der Waals surface area (Å²) in [5, 5.41) is 0. The third-order valence-corrected chi connectivity index (χ3v) is 4.71. The molecule has 150 valence electrons. The van der Waals surface area contributed by atoms with Crippen LogP contribution in [-0.2, 0) is 4.74 Å². The molecule has 29 heavy (non-hydrogen) atoms. The van der Waals surface area contributed by atoms with E-state index in [9.17, 15) is 0 Å². The van der Waals surface area contributed by atoms with Crippen LogP contribution >= 0.6 is 0 Å². The fraction of sp³-hybridized carbons (Fsp3) is 0.231. The minimum Gasteiger partial charge on any atom is -0.490 e. The van der Waals surface area contributed by atoms with Crippen LogP contribution in [-0.4, -0.2) is 13.4 Å². The molecule has 3 aromatic rings. The van der Waals surface area contributed by atoms with E-state index >= 15 is 0 Å². The van der Waals surface area contributed by atoms with Crippen LogP contribution in [0.25, 0.3) is 11.1 Å². The Morgan fingerprint density at radius 1 is 0.759 bits per heavy atom. The molecule has 0 saturated heterocycles. The first-order valence-electron chi connectivity index (χ1n) is 9.91. The first-order chi connectivity index (χ1) is 14.2. The minimum absolute atomic E-state index is 0.0107. The van der Waals surface area contributed by atoms with Crippen LogP contribution in [0, 0.1) is 6.92 Å². The molecule has 0 aromatic heterocycles. The fourth-order valence-electron chi connectivity index (χ4n) is 2.87. The van der Waals surface area contributed by atoms with Gasteiger partial charge in [-0.3, -0.25) is 0 Å². The first-order valence-corrected chi connectivity index (χ1v) is 9.91. The van der Waals surface area contributed by atoms with Crippen LogP contribution in [0.3, 0.4) is 0 Å². The average Bonchev–Trinajstić information content (AvgIpc) is 2.75. The van der Waals surface area contributed by atoms with E-state index < -0.39 is 0 Å². The average molecular weight is 389 g/mol. The number of benzene rings is 3. The van der Waals surface area contributed by atoms with Crippen LogP contribution < -0.4 is 9.47 Å². The third-order valence-electron chi connectivity index (χ3n) is 4.71. The molecule has 0 radical (unpaired) electrons. The van der Waals surface area contributed by atoms with E-state index in [1.165, 1.54) is 5.56 Å². The van der Waals surface area contributed by atoms with Crippen molar-refractivity contribution in [2.75, 3.05) is 13.4 Å². The summed E-state index contributed by atoms with van der Waals surface area (Å²) in [6.07, 6.45) is 3.95. The highest BCUT2D eigenvalue weighted by molar-refractivity contribution is 5.64. The van der Waals surface area contributed by atoms with Gasteiger partial charge < -0.3 is 14.2 Å². The molecular weight excluding hydrogens is 360 g/mol. The van der Waals surface area contributed by atoms with E-state index in [-0.39, 0.29) is 12.9 Å². The quantitative estimate of drug-likeness (QED) is 0.300. The standard InChI is InChI=1S/C26H28O3/c1-4-5-18-27-25-14-10-23(11-15-25)24-12-16-26(17-13-24)29-19-28-21(3)22-8-6-20(2)7-9-22/h4-17,21H,18-19H2,1-3H3/b5-4+. The first kappa shape index (κ1) is 20.7. The molecule has 0 fully saturated rings. The number of ether oxygens (including phenoxy) is 3. The van der Waals surface area contributed by atoms with Crippen molar-refractivity contribution in [1.29, 1.82) is 0 Å². The van der Waals surface area contributed by atoms with Crippen molar-refractivity contribution >= 4 is 0 Å². The second-order valence-electron chi connectivity index (χ2n) is 6.91. The SMILES string of the molecule is C/C=C/COc1ccc(-c2ccc(OCOC(C)c3ccc(C)cc3)cc2)cc1. The van der Waals surface area contributed by atoms with Gasteiger partial charge in [0.15, 0.2) is 6.79 Å². The fourth-order valence-corrected chi connectivity index (χ4v) is 2.87. The third kappa shape index (κ3) is 6.23. The van der Waals surface area contributed by atoms with Crippen molar-refractivity contribution in [3.05, 3.63) is 96.1 Å². The predicted molar refractivity (Wildman–Crippen MR) is 118 cm³/mol. The molecular formula is C26H28O3. The lowest BCUT2D eigenvalue weighted by molar-refractivity contribution is -0.0294. The number of hydrogen-bond acceptors (Lipinski definition) is 3. The summed E-state index contributed by atoms with van der Waals surface area (Å²) >= 11 is 0. The summed E-state index contributed by atoms with van der Waals surface area (Å²) in [6, 6.07) is 24.5. The Morgan fingerprint density at radius 3 is 1.86 bits per heavy atom. The van der Waals surface area contributed by atoms with Gasteiger partial charge in [-0.25, -0.2) is 0 Å². The van der Waals surface area contributed by atoms with Crippen LogP contribution in [0.15, 0.2) is 84.9 Å². The second kappa shape index (κ2) is 10.5. The Labute approximate surface area is 173 Å². The van der Waals surface area contributed by atoms with Crippen LogP contribution in [0.1, 0.15) is 31.1 Å². The number of aryl methyl sites for hydroxylation is 1. The Morgan fingerprint density at radius 2 is 1.31 bits per heavy atom. The molecule has 0 amide bonds. The minimum atomic E-state index is -0.0107. The van der Waals surface area contributed by atoms with Gasteiger partial charge in [0.2, 0.25) is 0 Å². The molecule has 1 atom stereocenters. The highest BCUT2D eigenvalue weighted by Crippen LogP contribution is 2.25. The predicted octanol–water partition coefficient (Wildman–Crippen LogP) is 6.73. The molecule has 0 aliphatic carbocycles. The van der Waals surface area contributed by atoms with Crippen LogP contribution in [0.2, 0.25) is 0 Å². The number of rotatable bonds is 9. The van der Waals surface area contributed by atoms with Crippen molar-refractivity contribution in [3.8, 4) is 22.6 Å². The zero-order valence-corrected chi connectivity index (χ0v) is 17.3. The zero-order chi connectivity index (χ0) is 20.5. The molecule has 0 N–H and O–H groups in total. The van der Waals surface area contributed by atoms with Gasteiger partial charge in [0.25, 0.3) is 0 Å². The molecule has 0 heterocycles. The van der Waals surface area contributed by atoms with Crippen LogP contribution in [0.4, 0.5) is 0 Å². The topological polar surface area (TPSA) is 27.7 Å². The molecule has 0 bridgehead atoms. The molecule has 0 saturated carbocycles. The van der Waals surface area contributed by atoms with Gasteiger partial charge >= 0.3 is 0 Å².